The molecule has 1 heterocycles. The molecule has 0 aliphatic rings. The van der Waals surface area contributed by atoms with Crippen molar-refractivity contribution in [3.8, 4) is 0 Å². The predicted octanol–water partition coefficient (Wildman–Crippen LogP) is 3.41. The highest BCUT2D eigenvalue weighted by atomic mass is 32.2. The quantitative estimate of drug-likeness (QED) is 0.165. The second kappa shape index (κ2) is 19.7. The van der Waals surface area contributed by atoms with Crippen molar-refractivity contribution >= 4 is 35.6 Å². The molecule has 0 fully saturated rings. The number of nitrogens with one attached hydrogen (secondary N) is 4. The van der Waals surface area contributed by atoms with Gasteiger partial charge >= 0.3 is 6.09 Å². The number of benzene rings is 1. The first-order valence-corrected chi connectivity index (χ1v) is 16.7. The Labute approximate surface area is 271 Å². The number of rotatable bonds is 18. The average Bonchev–Trinajstić information content (AvgIpc) is 3.01. The van der Waals surface area contributed by atoms with Crippen LogP contribution in [0.15, 0.2) is 54.9 Å². The second-order valence-electron chi connectivity index (χ2n) is 12.0. The molecule has 0 saturated carbocycles. The highest BCUT2D eigenvalue weighted by molar-refractivity contribution is 7.98. The Morgan fingerprint density at radius 3 is 2.11 bits per heavy atom. The molecule has 0 aliphatic heterocycles. The van der Waals surface area contributed by atoms with Crippen LogP contribution >= 0.6 is 11.8 Å². The number of aliphatic hydroxyl groups is 1. The topological polar surface area (TPSA) is 159 Å². The average molecular weight is 644 g/mol. The summed E-state index contributed by atoms with van der Waals surface area (Å²) in [6.45, 7) is 9.71. The summed E-state index contributed by atoms with van der Waals surface area (Å²) >= 11 is 1.38. The fraction of sp³-hybridized carbons (Fsp3) is 0.545. The van der Waals surface area contributed by atoms with Crippen molar-refractivity contribution in [3.05, 3.63) is 66.0 Å². The first-order chi connectivity index (χ1) is 21.4. The van der Waals surface area contributed by atoms with E-state index >= 15 is 0 Å². The molecule has 0 spiro atoms. The lowest BCUT2D eigenvalue weighted by atomic mass is 9.91. The van der Waals surface area contributed by atoms with Gasteiger partial charge in [-0.3, -0.25) is 19.4 Å². The highest BCUT2D eigenvalue weighted by Crippen LogP contribution is 2.17. The van der Waals surface area contributed by atoms with Crippen LogP contribution in [0.3, 0.4) is 0 Å². The Morgan fingerprint density at radius 1 is 0.844 bits per heavy atom. The Morgan fingerprint density at radius 2 is 1.51 bits per heavy atom. The number of aliphatic hydroxyl groups excluding tert-OH is 1. The van der Waals surface area contributed by atoms with Gasteiger partial charge in [-0.1, -0.05) is 65.0 Å². The molecule has 11 nitrogen and oxygen atoms in total. The van der Waals surface area contributed by atoms with Gasteiger partial charge in [0.1, 0.15) is 18.7 Å². The number of thioether (sulfide) groups is 1. The van der Waals surface area contributed by atoms with Crippen LogP contribution in [-0.4, -0.2) is 70.1 Å². The number of alkyl carbamates (subject to hydrolysis) is 1. The maximum Gasteiger partial charge on any atom is 0.408 e. The van der Waals surface area contributed by atoms with Crippen LogP contribution in [0.4, 0.5) is 4.79 Å². The second-order valence-corrected chi connectivity index (χ2v) is 12.9. The van der Waals surface area contributed by atoms with Crippen molar-refractivity contribution in [2.75, 3.05) is 12.0 Å². The van der Waals surface area contributed by atoms with E-state index in [4.69, 9.17) is 4.74 Å². The van der Waals surface area contributed by atoms with Crippen LogP contribution in [0.2, 0.25) is 0 Å². The molecule has 4 amide bonds. The number of nitrogens with zero attached hydrogens (tertiary/aromatic N) is 1. The molecule has 5 N–H and O–H groups in total. The first-order valence-electron chi connectivity index (χ1n) is 15.3. The first kappa shape index (κ1) is 37.5. The maximum absolute atomic E-state index is 13.3. The highest BCUT2D eigenvalue weighted by Gasteiger charge is 2.31. The van der Waals surface area contributed by atoms with E-state index < -0.39 is 42.1 Å². The van der Waals surface area contributed by atoms with Gasteiger partial charge in [0, 0.05) is 30.6 Å². The summed E-state index contributed by atoms with van der Waals surface area (Å²) in [6, 6.07) is 10.7. The van der Waals surface area contributed by atoms with Crippen LogP contribution in [0.25, 0.3) is 0 Å². The lowest BCUT2D eigenvalue weighted by Crippen LogP contribution is -2.54. The molecule has 0 aliphatic carbocycles. The Bertz CT molecular complexity index is 1200. The van der Waals surface area contributed by atoms with Crippen molar-refractivity contribution in [1.29, 1.82) is 0 Å². The third-order valence-corrected chi connectivity index (χ3v) is 7.84. The van der Waals surface area contributed by atoms with Crippen molar-refractivity contribution in [2.45, 2.75) is 84.8 Å². The minimum absolute atomic E-state index is 0.0307. The van der Waals surface area contributed by atoms with Crippen molar-refractivity contribution in [3.63, 3.8) is 0 Å². The number of pyridine rings is 1. The summed E-state index contributed by atoms with van der Waals surface area (Å²) in [5.74, 6) is -1.48. The summed E-state index contributed by atoms with van der Waals surface area (Å²) in [7, 11) is 0. The van der Waals surface area contributed by atoms with Gasteiger partial charge in [-0.15, -0.1) is 0 Å². The summed E-state index contributed by atoms with van der Waals surface area (Å²) in [6.07, 6.45) is 3.74. The predicted molar refractivity (Wildman–Crippen MR) is 176 cm³/mol. The molecular weight excluding hydrogens is 594 g/mol. The molecule has 45 heavy (non-hydrogen) atoms. The number of ether oxygens (including phenoxy) is 1. The molecule has 0 saturated heterocycles. The van der Waals surface area contributed by atoms with E-state index in [-0.39, 0.29) is 36.7 Å². The van der Waals surface area contributed by atoms with Gasteiger partial charge < -0.3 is 31.1 Å². The van der Waals surface area contributed by atoms with E-state index in [1.54, 1.807) is 31.5 Å². The molecule has 0 radical (unpaired) electrons. The van der Waals surface area contributed by atoms with Gasteiger partial charge in [0.2, 0.25) is 17.7 Å². The molecule has 1 aromatic carbocycles. The SMILES string of the molecule is CSC[C@H](NC(=O)OCc1ccncc1)C(=O)N[C@@H](CC(C)C)[C@@H](O)C[C@@H](C)C(=O)N[C@H](C(=O)NCc1ccccc1)C(C)C. The van der Waals surface area contributed by atoms with Gasteiger partial charge in [0.05, 0.1) is 12.1 Å². The normalized spacial score (nSPS) is 14.5. The van der Waals surface area contributed by atoms with E-state index in [0.29, 0.717) is 18.7 Å². The Balaban J connectivity index is 1.98. The lowest BCUT2D eigenvalue weighted by Gasteiger charge is -2.30. The molecule has 12 heteroatoms. The molecule has 5 atom stereocenters. The number of aromatic nitrogens is 1. The number of hydrogen-bond acceptors (Lipinski definition) is 8. The van der Waals surface area contributed by atoms with Gasteiger partial charge in [-0.25, -0.2) is 4.79 Å². The Hall–Kier alpha value is -3.64. The number of amides is 4. The third kappa shape index (κ3) is 13.9. The smallest absolute Gasteiger partial charge is 0.408 e. The Kier molecular flexibility index (Phi) is 16.4. The zero-order valence-electron chi connectivity index (χ0n) is 27.1. The fourth-order valence-corrected chi connectivity index (χ4v) is 5.19. The van der Waals surface area contributed by atoms with Gasteiger partial charge in [-0.05, 0) is 54.2 Å². The third-order valence-electron chi connectivity index (χ3n) is 7.18. The minimum atomic E-state index is -1.05. The maximum atomic E-state index is 13.3. The van der Waals surface area contributed by atoms with Crippen LogP contribution < -0.4 is 21.3 Å². The van der Waals surface area contributed by atoms with Gasteiger partial charge in [-0.2, -0.15) is 11.8 Å². The van der Waals surface area contributed by atoms with Crippen molar-refractivity contribution < 1.29 is 29.0 Å². The summed E-state index contributed by atoms with van der Waals surface area (Å²) in [4.78, 5) is 55.8. The molecule has 1 aromatic heterocycles. The molecule has 0 unspecified atom stereocenters. The van der Waals surface area contributed by atoms with E-state index in [0.717, 1.165) is 11.1 Å². The molecule has 0 bridgehead atoms. The van der Waals surface area contributed by atoms with E-state index in [1.165, 1.54) is 11.8 Å². The summed E-state index contributed by atoms with van der Waals surface area (Å²) < 4.78 is 5.26. The zero-order chi connectivity index (χ0) is 33.4. The van der Waals surface area contributed by atoms with E-state index in [2.05, 4.69) is 26.3 Å². The van der Waals surface area contributed by atoms with E-state index in [1.807, 2.05) is 64.3 Å². The zero-order valence-corrected chi connectivity index (χ0v) is 27.9. The molecular formula is C33H49N5O6S. The number of hydrogen-bond donors (Lipinski definition) is 5. The monoisotopic (exact) mass is 643 g/mol. The minimum Gasteiger partial charge on any atom is -0.445 e. The van der Waals surface area contributed by atoms with Crippen molar-refractivity contribution in [2.24, 2.45) is 17.8 Å². The van der Waals surface area contributed by atoms with E-state index in [9.17, 15) is 24.3 Å². The standard InChI is InChI=1S/C33H49N5O6S/c1-21(2)16-26(36-31(41)27(20-45-6)37-33(43)44-19-25-12-14-34-15-13-25)28(39)17-23(5)30(40)38-29(22(3)4)32(42)35-18-24-10-8-7-9-11-24/h7-15,21-23,26-29,39H,16-20H2,1-6H3,(H,35,42)(H,36,41)(H,37,43)(H,38,40)/t23-,26+,27+,28+,29+/m1/s1. The molecule has 2 rings (SSSR count). The number of carbonyl (C=O) groups is 4. The molecule has 248 valence electrons. The lowest BCUT2D eigenvalue weighted by molar-refractivity contribution is -0.132. The largest absolute Gasteiger partial charge is 0.445 e. The molecule has 2 aromatic rings. The van der Waals surface area contributed by atoms with Crippen LogP contribution in [0.1, 0.15) is 58.6 Å². The fourth-order valence-electron chi connectivity index (χ4n) is 4.62. The van der Waals surface area contributed by atoms with Crippen LogP contribution in [0, 0.1) is 17.8 Å². The van der Waals surface area contributed by atoms with Gasteiger partial charge in [0.15, 0.2) is 0 Å². The van der Waals surface area contributed by atoms with Gasteiger partial charge in [0.25, 0.3) is 0 Å². The van der Waals surface area contributed by atoms with Crippen molar-refractivity contribution in [1.82, 2.24) is 26.3 Å². The summed E-state index contributed by atoms with van der Waals surface area (Å²) in [5.41, 5.74) is 1.71. The van der Waals surface area contributed by atoms with Crippen LogP contribution in [0.5, 0.6) is 0 Å². The number of carbonyl (C=O) groups excluding carboxylic acids is 4. The summed E-state index contributed by atoms with van der Waals surface area (Å²) in [5, 5.41) is 22.4. The van der Waals surface area contributed by atoms with Crippen LogP contribution in [-0.2, 0) is 32.3 Å².